The highest BCUT2D eigenvalue weighted by molar-refractivity contribution is 5.94. The van der Waals surface area contributed by atoms with Gasteiger partial charge in [0.1, 0.15) is 0 Å². The lowest BCUT2D eigenvalue weighted by molar-refractivity contribution is 0.0940. The monoisotopic (exact) mass is 405 g/mol. The molecule has 2 aliphatic heterocycles. The second-order valence-electron chi connectivity index (χ2n) is 9.16. The molecule has 0 saturated carbocycles. The average Bonchev–Trinajstić information content (AvgIpc) is 3.27. The van der Waals surface area contributed by atoms with Gasteiger partial charge in [-0.3, -0.25) is 9.69 Å². The van der Waals surface area contributed by atoms with Gasteiger partial charge < -0.3 is 10.2 Å². The van der Waals surface area contributed by atoms with Crippen molar-refractivity contribution in [2.45, 2.75) is 52.1 Å². The van der Waals surface area contributed by atoms with E-state index in [1.54, 1.807) is 0 Å². The maximum atomic E-state index is 12.7. The summed E-state index contributed by atoms with van der Waals surface area (Å²) in [5.74, 6) is 0.752. The van der Waals surface area contributed by atoms with E-state index >= 15 is 0 Å². The Hall–Kier alpha value is -2.33. The maximum absolute atomic E-state index is 12.7. The predicted octanol–water partition coefficient (Wildman–Crippen LogP) is 5.01. The third kappa shape index (κ3) is 5.23. The number of nitrogens with zero attached hydrogens (tertiary/aromatic N) is 2. The van der Waals surface area contributed by atoms with Crippen molar-refractivity contribution >= 4 is 11.6 Å². The molecule has 2 fully saturated rings. The molecule has 2 heterocycles. The molecule has 2 unspecified atom stereocenters. The summed E-state index contributed by atoms with van der Waals surface area (Å²) in [4.78, 5) is 17.7. The number of hydrogen-bond acceptors (Lipinski definition) is 3. The van der Waals surface area contributed by atoms with Crippen LogP contribution in [0.25, 0.3) is 0 Å². The number of benzene rings is 2. The number of piperidine rings is 1. The fraction of sp³-hybridized carbons (Fsp3) is 0.500. The van der Waals surface area contributed by atoms with Gasteiger partial charge >= 0.3 is 0 Å². The minimum Gasteiger partial charge on any atom is -0.371 e. The van der Waals surface area contributed by atoms with Crippen LogP contribution in [0, 0.1) is 5.92 Å². The van der Waals surface area contributed by atoms with Crippen LogP contribution in [0.15, 0.2) is 48.5 Å². The molecule has 4 nitrogen and oxygen atoms in total. The molecule has 2 aliphatic rings. The van der Waals surface area contributed by atoms with Crippen molar-refractivity contribution < 1.29 is 4.79 Å². The van der Waals surface area contributed by atoms with E-state index in [1.165, 1.54) is 50.0 Å². The first-order valence-electron chi connectivity index (χ1n) is 11.6. The van der Waals surface area contributed by atoms with Gasteiger partial charge in [0.2, 0.25) is 0 Å². The van der Waals surface area contributed by atoms with Crippen molar-refractivity contribution in [1.82, 2.24) is 10.2 Å². The molecule has 0 bridgehead atoms. The Morgan fingerprint density at radius 2 is 1.70 bits per heavy atom. The number of likely N-dealkylation sites (tertiary alicyclic amines) is 1. The first kappa shape index (κ1) is 20.9. The highest BCUT2D eigenvalue weighted by Gasteiger charge is 2.17. The molecule has 0 aliphatic carbocycles. The van der Waals surface area contributed by atoms with Crippen LogP contribution in [-0.2, 0) is 6.54 Å². The van der Waals surface area contributed by atoms with Crippen LogP contribution >= 0.6 is 0 Å². The molecule has 4 heteroatoms. The van der Waals surface area contributed by atoms with E-state index in [4.69, 9.17) is 0 Å². The molecular formula is C26H35N3O. The van der Waals surface area contributed by atoms with Gasteiger partial charge in [-0.1, -0.05) is 31.2 Å². The van der Waals surface area contributed by atoms with Crippen molar-refractivity contribution in [2.75, 3.05) is 31.1 Å². The van der Waals surface area contributed by atoms with E-state index < -0.39 is 0 Å². The fourth-order valence-electron chi connectivity index (χ4n) is 4.72. The molecule has 2 aromatic rings. The number of carbonyl (C=O) groups is 1. The van der Waals surface area contributed by atoms with Gasteiger partial charge in [-0.25, -0.2) is 0 Å². The van der Waals surface area contributed by atoms with Crippen molar-refractivity contribution in [1.29, 1.82) is 0 Å². The molecule has 1 amide bonds. The fourth-order valence-corrected chi connectivity index (χ4v) is 4.72. The van der Waals surface area contributed by atoms with Crippen molar-refractivity contribution in [3.05, 3.63) is 65.2 Å². The summed E-state index contributed by atoms with van der Waals surface area (Å²) < 4.78 is 0. The van der Waals surface area contributed by atoms with Gasteiger partial charge in [-0.15, -0.1) is 0 Å². The van der Waals surface area contributed by atoms with Gasteiger partial charge in [0.05, 0.1) is 6.04 Å². The highest BCUT2D eigenvalue weighted by Crippen LogP contribution is 2.25. The van der Waals surface area contributed by atoms with E-state index in [1.807, 2.05) is 12.1 Å². The summed E-state index contributed by atoms with van der Waals surface area (Å²) in [6.45, 7) is 10.0. The third-order valence-corrected chi connectivity index (χ3v) is 6.58. The normalized spacial score (nSPS) is 20.9. The summed E-state index contributed by atoms with van der Waals surface area (Å²) in [5.41, 5.74) is 4.44. The zero-order valence-electron chi connectivity index (χ0n) is 18.4. The summed E-state index contributed by atoms with van der Waals surface area (Å²) in [5, 5.41) is 3.15. The molecule has 0 spiro atoms. The molecule has 0 aromatic heterocycles. The number of rotatable bonds is 6. The molecule has 2 aromatic carbocycles. The molecule has 4 rings (SSSR count). The lowest BCUT2D eigenvalue weighted by Crippen LogP contribution is -2.34. The Morgan fingerprint density at radius 1 is 1.00 bits per heavy atom. The van der Waals surface area contributed by atoms with Gasteiger partial charge in [0.25, 0.3) is 5.91 Å². The number of hydrogen-bond donors (Lipinski definition) is 1. The SMILES string of the molecule is CC1CCCN(c2ccc(C(C)NC(=O)c3ccc(CN4CCCC4)cc3)cc2)C1. The van der Waals surface area contributed by atoms with Crippen LogP contribution in [0.3, 0.4) is 0 Å². The molecule has 2 atom stereocenters. The predicted molar refractivity (Wildman–Crippen MR) is 124 cm³/mol. The topological polar surface area (TPSA) is 35.6 Å². The minimum atomic E-state index is -0.0175. The van der Waals surface area contributed by atoms with Crippen LogP contribution < -0.4 is 10.2 Å². The molecule has 30 heavy (non-hydrogen) atoms. The van der Waals surface area contributed by atoms with E-state index in [0.717, 1.165) is 36.7 Å². The van der Waals surface area contributed by atoms with Crippen LogP contribution in [0.1, 0.15) is 67.1 Å². The Kier molecular flexibility index (Phi) is 6.73. The van der Waals surface area contributed by atoms with Crippen LogP contribution in [0.5, 0.6) is 0 Å². The second-order valence-corrected chi connectivity index (χ2v) is 9.16. The summed E-state index contributed by atoms with van der Waals surface area (Å²) in [6.07, 6.45) is 5.20. The molecule has 160 valence electrons. The first-order valence-corrected chi connectivity index (χ1v) is 11.6. The van der Waals surface area contributed by atoms with Crippen molar-refractivity contribution in [3.8, 4) is 0 Å². The van der Waals surface area contributed by atoms with Gasteiger partial charge in [-0.05, 0) is 87.0 Å². The molecule has 2 saturated heterocycles. The van der Waals surface area contributed by atoms with Crippen LogP contribution in [0.4, 0.5) is 5.69 Å². The number of anilines is 1. The summed E-state index contributed by atoms with van der Waals surface area (Å²) in [6, 6.07) is 16.8. The third-order valence-electron chi connectivity index (χ3n) is 6.58. The number of carbonyl (C=O) groups excluding carboxylic acids is 1. The Bertz CT molecular complexity index is 824. The summed E-state index contributed by atoms with van der Waals surface area (Å²) in [7, 11) is 0. The molecule has 0 radical (unpaired) electrons. The lowest BCUT2D eigenvalue weighted by atomic mass is 9.99. The highest BCUT2D eigenvalue weighted by atomic mass is 16.1. The van der Waals surface area contributed by atoms with Gasteiger partial charge in [0.15, 0.2) is 0 Å². The van der Waals surface area contributed by atoms with Crippen LogP contribution in [-0.4, -0.2) is 37.0 Å². The Labute approximate surface area is 181 Å². The van der Waals surface area contributed by atoms with E-state index in [9.17, 15) is 4.79 Å². The molecular weight excluding hydrogens is 370 g/mol. The largest absolute Gasteiger partial charge is 0.371 e. The van der Waals surface area contributed by atoms with E-state index in [2.05, 4.69) is 65.4 Å². The quantitative estimate of drug-likeness (QED) is 0.734. The maximum Gasteiger partial charge on any atom is 0.251 e. The van der Waals surface area contributed by atoms with Crippen LogP contribution in [0.2, 0.25) is 0 Å². The summed E-state index contributed by atoms with van der Waals surface area (Å²) >= 11 is 0. The number of amides is 1. The van der Waals surface area contributed by atoms with Crippen molar-refractivity contribution in [2.24, 2.45) is 5.92 Å². The number of nitrogens with one attached hydrogen (secondary N) is 1. The van der Waals surface area contributed by atoms with Crippen molar-refractivity contribution in [3.63, 3.8) is 0 Å². The molecule has 1 N–H and O–H groups in total. The van der Waals surface area contributed by atoms with Gasteiger partial charge in [-0.2, -0.15) is 0 Å². The van der Waals surface area contributed by atoms with E-state index in [-0.39, 0.29) is 11.9 Å². The minimum absolute atomic E-state index is 0.0100. The Morgan fingerprint density at radius 3 is 2.37 bits per heavy atom. The van der Waals surface area contributed by atoms with Gasteiger partial charge in [0, 0.05) is 30.9 Å². The Balaban J connectivity index is 1.32. The standard InChI is InChI=1S/C26H35N3O/c1-20-6-5-17-29(18-20)25-13-11-23(12-14-25)21(2)27-26(30)24-9-7-22(8-10-24)19-28-15-3-4-16-28/h7-14,20-21H,3-6,15-19H2,1-2H3,(H,27,30). The zero-order valence-corrected chi connectivity index (χ0v) is 18.4. The van der Waals surface area contributed by atoms with E-state index in [0.29, 0.717) is 0 Å². The smallest absolute Gasteiger partial charge is 0.251 e. The second kappa shape index (κ2) is 9.65. The first-order chi connectivity index (χ1) is 14.6. The zero-order chi connectivity index (χ0) is 20.9. The average molecular weight is 406 g/mol. The lowest BCUT2D eigenvalue weighted by Gasteiger charge is -2.33.